The van der Waals surface area contributed by atoms with E-state index in [0.29, 0.717) is 29.9 Å². The molecule has 0 saturated carbocycles. The van der Waals surface area contributed by atoms with Crippen LogP contribution in [0.15, 0.2) is 42.5 Å². The van der Waals surface area contributed by atoms with Crippen molar-refractivity contribution >= 4 is 17.5 Å². The van der Waals surface area contributed by atoms with Gasteiger partial charge in [0.2, 0.25) is 5.91 Å². The molecular weight excluding hydrogens is 266 g/mol. The maximum atomic E-state index is 12.4. The van der Waals surface area contributed by atoms with Gasteiger partial charge in [0.15, 0.2) is 0 Å². The lowest BCUT2D eigenvalue weighted by Gasteiger charge is -2.16. The first kappa shape index (κ1) is 13.2. The van der Waals surface area contributed by atoms with Gasteiger partial charge in [0, 0.05) is 29.9 Å². The average molecular weight is 281 g/mol. The Bertz CT molecular complexity index is 740. The third-order valence-corrected chi connectivity index (χ3v) is 3.60. The van der Waals surface area contributed by atoms with Crippen LogP contribution >= 0.6 is 0 Å². The number of hydrogen-bond donors (Lipinski definition) is 2. The summed E-state index contributed by atoms with van der Waals surface area (Å²) in [6, 6.07) is 12.4. The van der Waals surface area contributed by atoms with Crippen molar-refractivity contribution in [2.45, 2.75) is 13.1 Å². The highest BCUT2D eigenvalue weighted by Gasteiger charge is 2.27. The minimum atomic E-state index is -0.472. The molecule has 1 heterocycles. The first-order chi connectivity index (χ1) is 10.0. The Labute approximate surface area is 122 Å². The Balaban J connectivity index is 1.83. The Morgan fingerprint density at radius 2 is 2.00 bits per heavy atom. The molecule has 5 heteroatoms. The van der Waals surface area contributed by atoms with Gasteiger partial charge in [-0.1, -0.05) is 18.2 Å². The number of rotatable bonds is 3. The molecule has 0 unspecified atom stereocenters. The van der Waals surface area contributed by atoms with E-state index < -0.39 is 5.91 Å². The van der Waals surface area contributed by atoms with Gasteiger partial charge in [-0.15, -0.1) is 0 Å². The van der Waals surface area contributed by atoms with Crippen molar-refractivity contribution in [2.75, 3.05) is 5.73 Å². The van der Waals surface area contributed by atoms with Gasteiger partial charge in [0.25, 0.3) is 5.91 Å². The van der Waals surface area contributed by atoms with Gasteiger partial charge < -0.3 is 16.4 Å². The molecule has 0 spiro atoms. The van der Waals surface area contributed by atoms with Gasteiger partial charge in [-0.25, -0.2) is 0 Å². The standard InChI is InChI=1S/C16H15N3O2/c17-13-5-4-12-9-19(16(21)14(12)7-13)8-10-2-1-3-11(6-10)15(18)20/h1-7H,8-9,17H2,(H2,18,20). The first-order valence-electron chi connectivity index (χ1n) is 6.61. The molecule has 2 amide bonds. The van der Waals surface area contributed by atoms with Crippen molar-refractivity contribution in [3.05, 3.63) is 64.7 Å². The largest absolute Gasteiger partial charge is 0.399 e. The number of benzene rings is 2. The lowest BCUT2D eigenvalue weighted by atomic mass is 10.1. The Kier molecular flexibility index (Phi) is 3.10. The monoisotopic (exact) mass is 281 g/mol. The van der Waals surface area contributed by atoms with Crippen LogP contribution in [0.25, 0.3) is 0 Å². The third-order valence-electron chi connectivity index (χ3n) is 3.60. The summed E-state index contributed by atoms with van der Waals surface area (Å²) in [5.41, 5.74) is 14.5. The van der Waals surface area contributed by atoms with E-state index in [1.807, 2.05) is 12.1 Å². The van der Waals surface area contributed by atoms with Crippen molar-refractivity contribution in [1.82, 2.24) is 4.90 Å². The fraction of sp³-hybridized carbons (Fsp3) is 0.125. The number of anilines is 1. The smallest absolute Gasteiger partial charge is 0.254 e. The molecule has 0 bridgehead atoms. The van der Waals surface area contributed by atoms with Crippen LogP contribution in [0.1, 0.15) is 31.8 Å². The van der Waals surface area contributed by atoms with Crippen molar-refractivity contribution < 1.29 is 9.59 Å². The number of primary amides is 1. The lowest BCUT2D eigenvalue weighted by molar-refractivity contribution is 0.0766. The average Bonchev–Trinajstić information content (AvgIpc) is 2.76. The molecule has 0 atom stereocenters. The molecule has 0 aliphatic carbocycles. The van der Waals surface area contributed by atoms with Crippen molar-refractivity contribution in [3.63, 3.8) is 0 Å². The summed E-state index contributed by atoms with van der Waals surface area (Å²) in [6.45, 7) is 0.990. The SMILES string of the molecule is NC(=O)c1cccc(CN2Cc3ccc(N)cc3C2=O)c1. The predicted octanol–water partition coefficient (Wildman–Crippen LogP) is 1.52. The van der Waals surface area contributed by atoms with E-state index in [0.717, 1.165) is 11.1 Å². The summed E-state index contributed by atoms with van der Waals surface area (Å²) < 4.78 is 0. The second-order valence-corrected chi connectivity index (χ2v) is 5.14. The zero-order chi connectivity index (χ0) is 15.0. The normalized spacial score (nSPS) is 13.3. The summed E-state index contributed by atoms with van der Waals surface area (Å²) >= 11 is 0. The molecule has 5 nitrogen and oxygen atoms in total. The predicted molar refractivity (Wildman–Crippen MR) is 79.4 cm³/mol. The number of carbonyl (C=O) groups is 2. The van der Waals surface area contributed by atoms with Crippen LogP contribution in [-0.4, -0.2) is 16.7 Å². The number of nitrogen functional groups attached to an aromatic ring is 1. The van der Waals surface area contributed by atoms with E-state index in [1.165, 1.54) is 0 Å². The molecule has 0 saturated heterocycles. The summed E-state index contributed by atoms with van der Waals surface area (Å²) in [6.07, 6.45) is 0. The van der Waals surface area contributed by atoms with Crippen LogP contribution in [0.2, 0.25) is 0 Å². The molecule has 2 aromatic carbocycles. The van der Waals surface area contributed by atoms with E-state index in [4.69, 9.17) is 11.5 Å². The molecule has 106 valence electrons. The van der Waals surface area contributed by atoms with Crippen molar-refractivity contribution in [2.24, 2.45) is 5.73 Å². The fourth-order valence-electron chi connectivity index (χ4n) is 2.55. The summed E-state index contributed by atoms with van der Waals surface area (Å²) in [5.74, 6) is -0.512. The van der Waals surface area contributed by atoms with Crippen LogP contribution in [0, 0.1) is 0 Å². The van der Waals surface area contributed by atoms with E-state index >= 15 is 0 Å². The Morgan fingerprint density at radius 1 is 1.19 bits per heavy atom. The van der Waals surface area contributed by atoms with E-state index in [-0.39, 0.29) is 5.91 Å². The highest BCUT2D eigenvalue weighted by atomic mass is 16.2. The van der Waals surface area contributed by atoms with Gasteiger partial charge in [0.05, 0.1) is 0 Å². The quantitative estimate of drug-likeness (QED) is 0.836. The van der Waals surface area contributed by atoms with Crippen LogP contribution in [0.3, 0.4) is 0 Å². The fourth-order valence-corrected chi connectivity index (χ4v) is 2.55. The molecular formula is C16H15N3O2. The van der Waals surface area contributed by atoms with E-state index in [9.17, 15) is 9.59 Å². The van der Waals surface area contributed by atoms with Crippen LogP contribution in [-0.2, 0) is 13.1 Å². The number of hydrogen-bond acceptors (Lipinski definition) is 3. The molecule has 0 fully saturated rings. The van der Waals surface area contributed by atoms with Crippen LogP contribution < -0.4 is 11.5 Å². The molecule has 2 aromatic rings. The maximum Gasteiger partial charge on any atom is 0.254 e. The van der Waals surface area contributed by atoms with Crippen LogP contribution in [0.5, 0.6) is 0 Å². The van der Waals surface area contributed by atoms with Crippen LogP contribution in [0.4, 0.5) is 5.69 Å². The van der Waals surface area contributed by atoms with Gasteiger partial charge in [-0.2, -0.15) is 0 Å². The minimum absolute atomic E-state index is 0.0400. The summed E-state index contributed by atoms with van der Waals surface area (Å²) in [7, 11) is 0. The second-order valence-electron chi connectivity index (χ2n) is 5.14. The Hall–Kier alpha value is -2.82. The molecule has 1 aliphatic heterocycles. The Morgan fingerprint density at radius 3 is 2.76 bits per heavy atom. The van der Waals surface area contributed by atoms with Gasteiger partial charge in [-0.3, -0.25) is 9.59 Å². The molecule has 0 radical (unpaired) electrons. The highest BCUT2D eigenvalue weighted by Crippen LogP contribution is 2.26. The number of fused-ring (bicyclic) bond motifs is 1. The molecule has 3 rings (SSSR count). The number of carbonyl (C=O) groups excluding carboxylic acids is 2. The number of amides is 2. The van der Waals surface area contributed by atoms with Gasteiger partial charge in [-0.05, 0) is 35.4 Å². The van der Waals surface area contributed by atoms with Crippen molar-refractivity contribution in [1.29, 1.82) is 0 Å². The lowest BCUT2D eigenvalue weighted by Crippen LogP contribution is -2.23. The van der Waals surface area contributed by atoms with Crippen molar-refractivity contribution in [3.8, 4) is 0 Å². The summed E-state index contributed by atoms with van der Waals surface area (Å²) in [4.78, 5) is 25.3. The maximum absolute atomic E-state index is 12.4. The van der Waals surface area contributed by atoms with Gasteiger partial charge >= 0.3 is 0 Å². The first-order valence-corrected chi connectivity index (χ1v) is 6.61. The molecule has 21 heavy (non-hydrogen) atoms. The second kappa shape index (κ2) is 4.94. The zero-order valence-electron chi connectivity index (χ0n) is 11.4. The molecule has 1 aliphatic rings. The zero-order valence-corrected chi connectivity index (χ0v) is 11.4. The van der Waals surface area contributed by atoms with E-state index in [2.05, 4.69) is 0 Å². The highest BCUT2D eigenvalue weighted by molar-refractivity contribution is 5.99. The molecule has 4 N–H and O–H groups in total. The molecule has 0 aromatic heterocycles. The minimum Gasteiger partial charge on any atom is -0.399 e. The third kappa shape index (κ3) is 2.45. The topological polar surface area (TPSA) is 89.4 Å². The van der Waals surface area contributed by atoms with Gasteiger partial charge in [0.1, 0.15) is 0 Å². The summed E-state index contributed by atoms with van der Waals surface area (Å²) in [5, 5.41) is 0. The number of nitrogens with two attached hydrogens (primary N) is 2. The number of nitrogens with zero attached hydrogens (tertiary/aromatic N) is 1. The van der Waals surface area contributed by atoms with E-state index in [1.54, 1.807) is 35.2 Å².